The van der Waals surface area contributed by atoms with E-state index in [-0.39, 0.29) is 23.4 Å². The zero-order valence-electron chi connectivity index (χ0n) is 11.9. The van der Waals surface area contributed by atoms with Crippen molar-refractivity contribution in [2.45, 2.75) is 32.2 Å². The summed E-state index contributed by atoms with van der Waals surface area (Å²) in [6.45, 7) is 4.60. The molecule has 0 spiro atoms. The molecule has 6 nitrogen and oxygen atoms in total. The van der Waals surface area contributed by atoms with E-state index in [4.69, 9.17) is 5.11 Å². The number of aromatic nitrogens is 1. The molecule has 2 N–H and O–H groups in total. The van der Waals surface area contributed by atoms with Gasteiger partial charge in [0.1, 0.15) is 11.9 Å². The Balaban J connectivity index is 2.27. The third-order valence-corrected chi connectivity index (χ3v) is 3.43. The van der Waals surface area contributed by atoms with Gasteiger partial charge in [-0.1, -0.05) is 13.8 Å². The van der Waals surface area contributed by atoms with Crippen LogP contribution in [0.3, 0.4) is 0 Å². The summed E-state index contributed by atoms with van der Waals surface area (Å²) in [7, 11) is 1.75. The second-order valence-electron chi connectivity index (χ2n) is 5.37. The van der Waals surface area contributed by atoms with E-state index < -0.39 is 5.97 Å². The Kier molecular flexibility index (Phi) is 3.92. The molecule has 0 radical (unpaired) electrons. The molecule has 1 atom stereocenters. The molecule has 0 aromatic carbocycles. The van der Waals surface area contributed by atoms with Gasteiger partial charge in [-0.05, 0) is 24.5 Å². The maximum atomic E-state index is 11.9. The zero-order chi connectivity index (χ0) is 14.9. The number of hydrogen-bond donors (Lipinski definition) is 2. The van der Waals surface area contributed by atoms with Gasteiger partial charge < -0.3 is 15.3 Å². The number of nitrogens with zero attached hydrogens (tertiary/aromatic N) is 2. The Morgan fingerprint density at radius 3 is 2.70 bits per heavy atom. The summed E-state index contributed by atoms with van der Waals surface area (Å²) in [4.78, 5) is 29.1. The van der Waals surface area contributed by atoms with Crippen LogP contribution in [0.25, 0.3) is 0 Å². The van der Waals surface area contributed by atoms with Crippen molar-refractivity contribution in [2.75, 3.05) is 18.9 Å². The van der Waals surface area contributed by atoms with Gasteiger partial charge in [-0.2, -0.15) is 0 Å². The molecule has 0 saturated carbocycles. The number of nitrogens with one attached hydrogen (secondary N) is 1. The van der Waals surface area contributed by atoms with Gasteiger partial charge in [-0.25, -0.2) is 9.78 Å². The molecule has 1 aromatic rings. The van der Waals surface area contributed by atoms with Crippen molar-refractivity contribution in [3.05, 3.63) is 23.4 Å². The average Bonchev–Trinajstić information content (AvgIpc) is 2.70. The summed E-state index contributed by atoms with van der Waals surface area (Å²) in [5.74, 6) is -0.412. The molecule has 1 fully saturated rings. The van der Waals surface area contributed by atoms with Crippen LogP contribution in [0.2, 0.25) is 0 Å². The zero-order valence-corrected chi connectivity index (χ0v) is 11.9. The van der Waals surface area contributed by atoms with Gasteiger partial charge in [0.25, 0.3) is 0 Å². The number of carboxylic acids is 1. The maximum Gasteiger partial charge on any atom is 0.335 e. The second-order valence-corrected chi connectivity index (χ2v) is 5.37. The van der Waals surface area contributed by atoms with Crippen LogP contribution in [0.5, 0.6) is 0 Å². The predicted molar refractivity (Wildman–Crippen MR) is 75.0 cm³/mol. The highest BCUT2D eigenvalue weighted by molar-refractivity contribution is 5.89. The number of likely N-dealkylation sites (N-methyl/N-ethyl adjacent to an activating group) is 1. The third kappa shape index (κ3) is 2.89. The quantitative estimate of drug-likeness (QED) is 0.872. The minimum Gasteiger partial charge on any atom is -0.478 e. The van der Waals surface area contributed by atoms with Crippen LogP contribution in [0.1, 0.15) is 42.2 Å². The summed E-state index contributed by atoms with van der Waals surface area (Å²) in [6, 6.07) is 2.72. The first kappa shape index (κ1) is 14.3. The first-order chi connectivity index (χ1) is 9.38. The van der Waals surface area contributed by atoms with Crippen molar-refractivity contribution in [3.63, 3.8) is 0 Å². The number of amides is 1. The SMILES string of the molecule is CC(C)c1cc(C(=O)O)cc(NC2CCN(C)C2=O)n1. The van der Waals surface area contributed by atoms with Crippen molar-refractivity contribution < 1.29 is 14.7 Å². The Bertz CT molecular complexity index is 542. The topological polar surface area (TPSA) is 82.5 Å². The molecular formula is C14H19N3O3. The van der Waals surface area contributed by atoms with Crippen LogP contribution in [0, 0.1) is 0 Å². The number of hydrogen-bond acceptors (Lipinski definition) is 4. The molecule has 1 unspecified atom stereocenters. The largest absolute Gasteiger partial charge is 0.478 e. The van der Waals surface area contributed by atoms with Crippen molar-refractivity contribution in [1.82, 2.24) is 9.88 Å². The highest BCUT2D eigenvalue weighted by atomic mass is 16.4. The van der Waals surface area contributed by atoms with E-state index in [1.165, 1.54) is 6.07 Å². The van der Waals surface area contributed by atoms with Crippen molar-refractivity contribution in [1.29, 1.82) is 0 Å². The lowest BCUT2D eigenvalue weighted by molar-refractivity contribution is -0.127. The van der Waals surface area contributed by atoms with Crippen LogP contribution < -0.4 is 5.32 Å². The van der Waals surface area contributed by atoms with Crippen LogP contribution in [0.4, 0.5) is 5.82 Å². The van der Waals surface area contributed by atoms with Crippen molar-refractivity contribution in [3.8, 4) is 0 Å². The van der Waals surface area contributed by atoms with E-state index in [1.54, 1.807) is 18.0 Å². The van der Waals surface area contributed by atoms with Crippen molar-refractivity contribution >= 4 is 17.7 Å². The Morgan fingerprint density at radius 2 is 2.20 bits per heavy atom. The summed E-state index contributed by atoms with van der Waals surface area (Å²) < 4.78 is 0. The van der Waals surface area contributed by atoms with Gasteiger partial charge in [0.2, 0.25) is 5.91 Å². The lowest BCUT2D eigenvalue weighted by Crippen LogP contribution is -2.31. The number of carbonyl (C=O) groups excluding carboxylic acids is 1. The number of anilines is 1. The minimum absolute atomic E-state index is 0.0126. The molecule has 1 aliphatic heterocycles. The number of pyridine rings is 1. The number of rotatable bonds is 4. The first-order valence-electron chi connectivity index (χ1n) is 6.65. The molecule has 0 aliphatic carbocycles. The van der Waals surface area contributed by atoms with E-state index in [9.17, 15) is 9.59 Å². The second kappa shape index (κ2) is 5.48. The number of aromatic carboxylic acids is 1. The van der Waals surface area contributed by atoms with Gasteiger partial charge in [0.15, 0.2) is 0 Å². The molecule has 6 heteroatoms. The average molecular weight is 277 g/mol. The first-order valence-corrected chi connectivity index (χ1v) is 6.65. The Labute approximate surface area is 117 Å². The van der Waals surface area contributed by atoms with Gasteiger partial charge in [-0.3, -0.25) is 4.79 Å². The van der Waals surface area contributed by atoms with Gasteiger partial charge in [-0.15, -0.1) is 0 Å². The van der Waals surface area contributed by atoms with Gasteiger partial charge >= 0.3 is 5.97 Å². The van der Waals surface area contributed by atoms with Crippen molar-refractivity contribution in [2.24, 2.45) is 0 Å². The van der Waals surface area contributed by atoms with Crippen LogP contribution >= 0.6 is 0 Å². The highest BCUT2D eigenvalue weighted by Gasteiger charge is 2.29. The molecule has 0 bridgehead atoms. The molecule has 1 aromatic heterocycles. The summed E-state index contributed by atoms with van der Waals surface area (Å²) in [5, 5.41) is 12.2. The predicted octanol–water partition coefficient (Wildman–Crippen LogP) is 1.55. The summed E-state index contributed by atoms with van der Waals surface area (Å²) >= 11 is 0. The lowest BCUT2D eigenvalue weighted by atomic mass is 10.1. The highest BCUT2D eigenvalue weighted by Crippen LogP contribution is 2.20. The smallest absolute Gasteiger partial charge is 0.335 e. The molecule has 1 saturated heterocycles. The fourth-order valence-electron chi connectivity index (χ4n) is 2.18. The van der Waals surface area contributed by atoms with E-state index in [2.05, 4.69) is 10.3 Å². The molecule has 2 rings (SSSR count). The fraction of sp³-hybridized carbons (Fsp3) is 0.500. The van der Waals surface area contributed by atoms with Crippen LogP contribution in [0.15, 0.2) is 12.1 Å². The monoisotopic (exact) mass is 277 g/mol. The fourth-order valence-corrected chi connectivity index (χ4v) is 2.18. The molecule has 1 amide bonds. The van der Waals surface area contributed by atoms with E-state index in [0.29, 0.717) is 24.5 Å². The molecule has 1 aliphatic rings. The van der Waals surface area contributed by atoms with Crippen LogP contribution in [-0.2, 0) is 4.79 Å². The third-order valence-electron chi connectivity index (χ3n) is 3.43. The maximum absolute atomic E-state index is 11.9. The lowest BCUT2D eigenvalue weighted by Gasteiger charge is -2.15. The van der Waals surface area contributed by atoms with Gasteiger partial charge in [0, 0.05) is 19.3 Å². The summed E-state index contributed by atoms with van der Waals surface area (Å²) in [5.41, 5.74) is 0.885. The standard InChI is InChI=1S/C14H19N3O3/c1-8(2)11-6-9(14(19)20)7-12(16-11)15-10-4-5-17(3)13(10)18/h6-8,10H,4-5H2,1-3H3,(H,15,16)(H,19,20). The number of carbonyl (C=O) groups is 2. The van der Waals surface area contributed by atoms with E-state index in [1.807, 2.05) is 13.8 Å². The normalized spacial score (nSPS) is 18.7. The number of likely N-dealkylation sites (tertiary alicyclic amines) is 1. The van der Waals surface area contributed by atoms with Crippen LogP contribution in [-0.4, -0.2) is 46.5 Å². The molecule has 2 heterocycles. The Hall–Kier alpha value is -2.11. The van der Waals surface area contributed by atoms with E-state index >= 15 is 0 Å². The van der Waals surface area contributed by atoms with E-state index in [0.717, 1.165) is 0 Å². The summed E-state index contributed by atoms with van der Waals surface area (Å²) in [6.07, 6.45) is 0.700. The van der Waals surface area contributed by atoms with Gasteiger partial charge in [0.05, 0.1) is 5.56 Å². The molecular weight excluding hydrogens is 258 g/mol. The molecule has 108 valence electrons. The minimum atomic E-state index is -0.993. The molecule has 20 heavy (non-hydrogen) atoms. The Morgan fingerprint density at radius 1 is 1.50 bits per heavy atom. The number of carboxylic acid groups (broad SMARTS) is 1.